The highest BCUT2D eigenvalue weighted by atomic mass is 19.1. The van der Waals surface area contributed by atoms with Gasteiger partial charge in [-0.15, -0.1) is 0 Å². The monoisotopic (exact) mass is 318 g/mol. The molecule has 1 amide bonds. The van der Waals surface area contributed by atoms with Crippen molar-refractivity contribution in [1.82, 2.24) is 20.3 Å². The maximum atomic E-state index is 13.0. The largest absolute Gasteiger partial charge is 0.370 e. The Bertz CT molecular complexity index is 679. The molecule has 2 heterocycles. The predicted molar refractivity (Wildman–Crippen MR) is 86.0 cm³/mol. The molecule has 7 nitrogen and oxygen atoms in total. The summed E-state index contributed by atoms with van der Waals surface area (Å²) < 4.78 is 13.0. The maximum Gasteiger partial charge on any atom is 0.253 e. The molecule has 0 aliphatic carbocycles. The number of carbonyl (C=O) groups excluding carboxylic acids is 1. The molecule has 2 rings (SSSR count). The van der Waals surface area contributed by atoms with Gasteiger partial charge in [-0.3, -0.25) is 9.78 Å². The van der Waals surface area contributed by atoms with Crippen LogP contribution in [0.15, 0.2) is 24.5 Å². The summed E-state index contributed by atoms with van der Waals surface area (Å²) in [7, 11) is 0. The Kier molecular flexibility index (Phi) is 5.79. The van der Waals surface area contributed by atoms with Crippen LogP contribution in [0.2, 0.25) is 0 Å². The molecule has 0 saturated carbocycles. The molecule has 0 spiro atoms. The third-order valence-corrected chi connectivity index (χ3v) is 2.88. The molecule has 0 aliphatic heterocycles. The van der Waals surface area contributed by atoms with Crippen LogP contribution in [-0.4, -0.2) is 40.5 Å². The summed E-state index contributed by atoms with van der Waals surface area (Å²) in [6, 6.07) is 2.95. The highest BCUT2D eigenvalue weighted by Crippen LogP contribution is 2.10. The fourth-order valence-corrected chi connectivity index (χ4v) is 1.93. The Morgan fingerprint density at radius 1 is 1.13 bits per heavy atom. The lowest BCUT2D eigenvalue weighted by Gasteiger charge is -2.10. The van der Waals surface area contributed by atoms with Gasteiger partial charge in [-0.2, -0.15) is 0 Å². The minimum Gasteiger partial charge on any atom is -0.370 e. The molecule has 0 aliphatic rings. The number of carbonyl (C=O) groups is 1. The zero-order valence-electron chi connectivity index (χ0n) is 13.1. The van der Waals surface area contributed by atoms with E-state index in [0.29, 0.717) is 24.7 Å². The quantitative estimate of drug-likeness (QED) is 0.672. The lowest BCUT2D eigenvalue weighted by Crippen LogP contribution is -2.29. The summed E-state index contributed by atoms with van der Waals surface area (Å²) >= 11 is 0. The van der Waals surface area contributed by atoms with Gasteiger partial charge in [0, 0.05) is 31.9 Å². The minimum absolute atomic E-state index is 0.192. The molecule has 2 aromatic rings. The average Bonchev–Trinajstić information content (AvgIpc) is 2.51. The van der Waals surface area contributed by atoms with E-state index < -0.39 is 5.82 Å². The molecule has 0 unspecified atom stereocenters. The van der Waals surface area contributed by atoms with E-state index in [4.69, 9.17) is 0 Å². The summed E-state index contributed by atoms with van der Waals surface area (Å²) in [5, 5.41) is 8.91. The number of hydrogen-bond acceptors (Lipinski definition) is 6. The first kappa shape index (κ1) is 16.6. The smallest absolute Gasteiger partial charge is 0.253 e. The molecule has 0 fully saturated rings. The van der Waals surface area contributed by atoms with E-state index in [-0.39, 0.29) is 11.5 Å². The number of hydrogen-bond donors (Lipinski definition) is 3. The molecule has 122 valence electrons. The Morgan fingerprint density at radius 3 is 2.57 bits per heavy atom. The van der Waals surface area contributed by atoms with Crippen LogP contribution in [0.5, 0.6) is 0 Å². The Labute approximate surface area is 133 Å². The molecule has 0 radical (unpaired) electrons. The average molecular weight is 318 g/mol. The van der Waals surface area contributed by atoms with Crippen molar-refractivity contribution in [3.05, 3.63) is 41.7 Å². The lowest BCUT2D eigenvalue weighted by molar-refractivity contribution is 0.0954. The lowest BCUT2D eigenvalue weighted by atomic mass is 10.2. The van der Waals surface area contributed by atoms with Gasteiger partial charge in [0.25, 0.3) is 5.91 Å². The first-order valence-corrected chi connectivity index (χ1v) is 7.30. The number of pyridine rings is 1. The Hall–Kier alpha value is -2.77. The topological polar surface area (TPSA) is 91.8 Å². The second kappa shape index (κ2) is 8.02. The molecule has 23 heavy (non-hydrogen) atoms. The molecular formula is C15H19FN6O. The van der Waals surface area contributed by atoms with Gasteiger partial charge in [0.05, 0.1) is 11.8 Å². The predicted octanol–water partition coefficient (Wildman–Crippen LogP) is 1.59. The van der Waals surface area contributed by atoms with Crippen molar-refractivity contribution >= 4 is 17.5 Å². The van der Waals surface area contributed by atoms with Gasteiger partial charge in [0.15, 0.2) is 0 Å². The van der Waals surface area contributed by atoms with Crippen molar-refractivity contribution in [2.24, 2.45) is 0 Å². The minimum atomic E-state index is -0.539. The number of aromatic nitrogens is 3. The van der Waals surface area contributed by atoms with Crippen molar-refractivity contribution in [2.75, 3.05) is 30.3 Å². The van der Waals surface area contributed by atoms with Crippen molar-refractivity contribution in [3.8, 4) is 0 Å². The van der Waals surface area contributed by atoms with E-state index in [1.54, 1.807) is 6.07 Å². The highest BCUT2D eigenvalue weighted by molar-refractivity contribution is 5.93. The van der Waals surface area contributed by atoms with Gasteiger partial charge in [-0.05, 0) is 19.9 Å². The summed E-state index contributed by atoms with van der Waals surface area (Å²) in [5.74, 6) is 1.17. The molecule has 0 aromatic carbocycles. The summed E-state index contributed by atoms with van der Waals surface area (Å²) in [6.45, 7) is 5.42. The Balaban J connectivity index is 1.82. The first-order valence-electron chi connectivity index (χ1n) is 7.30. The molecule has 8 heteroatoms. The van der Waals surface area contributed by atoms with E-state index in [0.717, 1.165) is 24.6 Å². The third-order valence-electron chi connectivity index (χ3n) is 2.88. The fraction of sp³-hybridized carbons (Fsp3) is 0.333. The van der Waals surface area contributed by atoms with E-state index in [9.17, 15) is 9.18 Å². The van der Waals surface area contributed by atoms with Gasteiger partial charge < -0.3 is 16.0 Å². The summed E-state index contributed by atoms with van der Waals surface area (Å²) in [4.78, 5) is 24.0. The van der Waals surface area contributed by atoms with E-state index in [1.807, 2.05) is 13.8 Å². The standard InChI is InChI=1S/C15H19FN6O/c1-3-18-13-7-14(22-10(2)21-13)19-4-5-20-15(23)11-6-12(16)9-17-8-11/h6-9H,3-5H2,1-2H3,(H,20,23)(H2,18,19,21,22). The van der Waals surface area contributed by atoms with Crippen molar-refractivity contribution in [2.45, 2.75) is 13.8 Å². The van der Waals surface area contributed by atoms with Crippen LogP contribution in [0.4, 0.5) is 16.0 Å². The van der Waals surface area contributed by atoms with E-state index in [2.05, 4.69) is 30.9 Å². The van der Waals surface area contributed by atoms with Crippen LogP contribution in [-0.2, 0) is 0 Å². The normalized spacial score (nSPS) is 10.2. The summed E-state index contributed by atoms with van der Waals surface area (Å²) in [5.41, 5.74) is 0.192. The van der Waals surface area contributed by atoms with Crippen molar-refractivity contribution < 1.29 is 9.18 Å². The number of nitrogens with one attached hydrogen (secondary N) is 3. The van der Waals surface area contributed by atoms with Gasteiger partial charge in [-0.1, -0.05) is 0 Å². The molecule has 2 aromatic heterocycles. The zero-order chi connectivity index (χ0) is 16.7. The van der Waals surface area contributed by atoms with E-state index >= 15 is 0 Å². The van der Waals surface area contributed by atoms with Gasteiger partial charge in [0.2, 0.25) is 0 Å². The zero-order valence-corrected chi connectivity index (χ0v) is 13.1. The van der Waals surface area contributed by atoms with Crippen LogP contribution in [0, 0.1) is 12.7 Å². The number of amides is 1. The fourth-order valence-electron chi connectivity index (χ4n) is 1.93. The number of aryl methyl sites for hydroxylation is 1. The second-order valence-electron chi connectivity index (χ2n) is 4.79. The highest BCUT2D eigenvalue weighted by Gasteiger charge is 2.06. The molecule has 0 bridgehead atoms. The number of anilines is 2. The van der Waals surface area contributed by atoms with E-state index in [1.165, 1.54) is 6.20 Å². The van der Waals surface area contributed by atoms with Crippen LogP contribution in [0.1, 0.15) is 23.1 Å². The van der Waals surface area contributed by atoms with Gasteiger partial charge in [0.1, 0.15) is 23.3 Å². The van der Waals surface area contributed by atoms with Crippen LogP contribution >= 0.6 is 0 Å². The van der Waals surface area contributed by atoms with Crippen molar-refractivity contribution in [1.29, 1.82) is 0 Å². The van der Waals surface area contributed by atoms with Gasteiger partial charge in [-0.25, -0.2) is 14.4 Å². The molecule has 3 N–H and O–H groups in total. The van der Waals surface area contributed by atoms with Crippen LogP contribution in [0.3, 0.4) is 0 Å². The second-order valence-corrected chi connectivity index (χ2v) is 4.79. The van der Waals surface area contributed by atoms with Crippen LogP contribution < -0.4 is 16.0 Å². The van der Waals surface area contributed by atoms with Crippen molar-refractivity contribution in [3.63, 3.8) is 0 Å². The van der Waals surface area contributed by atoms with Crippen LogP contribution in [0.25, 0.3) is 0 Å². The maximum absolute atomic E-state index is 13.0. The number of rotatable bonds is 7. The first-order chi connectivity index (χ1) is 11.1. The number of halogens is 1. The SMILES string of the molecule is CCNc1cc(NCCNC(=O)c2cncc(F)c2)nc(C)n1. The Morgan fingerprint density at radius 2 is 1.87 bits per heavy atom. The van der Waals surface area contributed by atoms with Gasteiger partial charge >= 0.3 is 0 Å². The summed E-state index contributed by atoms with van der Waals surface area (Å²) in [6.07, 6.45) is 2.38. The molecule has 0 atom stereocenters. The molecular weight excluding hydrogens is 299 g/mol. The third kappa shape index (κ3) is 5.17. The molecule has 0 saturated heterocycles. The number of nitrogens with zero attached hydrogens (tertiary/aromatic N) is 3.